The fraction of sp³-hybridized carbons (Fsp3) is 0.267. The molecule has 3 heterocycles. The first-order chi connectivity index (χ1) is 12.5. The van der Waals surface area contributed by atoms with Crippen molar-refractivity contribution in [3.8, 4) is 5.75 Å². The Balaban J connectivity index is 1.37. The largest absolute Gasteiger partial charge is 0.624 e. The monoisotopic (exact) mass is 377 g/mol. The number of benzene rings is 1. The molecule has 0 amide bonds. The van der Waals surface area contributed by atoms with Gasteiger partial charge in [0, 0.05) is 5.56 Å². The van der Waals surface area contributed by atoms with Crippen LogP contribution in [0.15, 0.2) is 35.4 Å². The van der Waals surface area contributed by atoms with Gasteiger partial charge in [0.15, 0.2) is 16.9 Å². The lowest BCUT2D eigenvalue weighted by Crippen LogP contribution is -2.27. The number of imidazole rings is 1. The number of nitrogen functional groups attached to an aromatic ring is 1. The van der Waals surface area contributed by atoms with E-state index >= 15 is 0 Å². The maximum atomic E-state index is 12.6. The van der Waals surface area contributed by atoms with Crippen molar-refractivity contribution in [2.75, 3.05) is 18.5 Å². The number of nitrogens with zero attached hydrogens (tertiary/aromatic N) is 3. The Morgan fingerprint density at radius 1 is 1.42 bits per heavy atom. The first kappa shape index (κ1) is 16.9. The minimum absolute atomic E-state index is 0.00337. The number of H-pyrrole nitrogens is 1. The second-order valence-corrected chi connectivity index (χ2v) is 7.79. The Morgan fingerprint density at radius 2 is 2.27 bits per heavy atom. The Morgan fingerprint density at radius 3 is 3.15 bits per heavy atom. The maximum Gasteiger partial charge on any atom is 0.287 e. The van der Waals surface area contributed by atoms with E-state index in [1.807, 2.05) is 18.2 Å². The Labute approximate surface area is 148 Å². The van der Waals surface area contributed by atoms with Crippen LogP contribution < -0.4 is 20.7 Å². The molecule has 3 aromatic rings. The van der Waals surface area contributed by atoms with Gasteiger partial charge >= 0.3 is 0 Å². The zero-order chi connectivity index (χ0) is 18.1. The zero-order valence-electron chi connectivity index (χ0n) is 13.6. The van der Waals surface area contributed by atoms with Gasteiger partial charge in [-0.25, -0.2) is 4.98 Å². The van der Waals surface area contributed by atoms with E-state index in [0.717, 1.165) is 5.56 Å². The second-order valence-electron chi connectivity index (χ2n) is 5.68. The molecule has 26 heavy (non-hydrogen) atoms. The average Bonchev–Trinajstić information content (AvgIpc) is 3.02. The number of fused-ring (bicyclic) bond motifs is 2. The van der Waals surface area contributed by atoms with Crippen molar-refractivity contribution in [2.45, 2.75) is 13.3 Å². The molecule has 3 N–H and O–H groups in total. The third kappa shape index (κ3) is 3.27. The highest BCUT2D eigenvalue weighted by Gasteiger charge is 2.36. The van der Waals surface area contributed by atoms with Crippen molar-refractivity contribution in [1.29, 1.82) is 0 Å². The number of nitrogens with one attached hydrogen (secondary N) is 1. The number of hydrogen-bond donors (Lipinski definition) is 2. The lowest BCUT2D eigenvalue weighted by atomic mass is 10.2. The number of para-hydroxylation sites is 1. The summed E-state index contributed by atoms with van der Waals surface area (Å²) in [6.07, 6.45) is 1.53. The van der Waals surface area contributed by atoms with Gasteiger partial charge in [-0.05, 0) is 6.07 Å². The second kappa shape index (κ2) is 6.65. The summed E-state index contributed by atoms with van der Waals surface area (Å²) in [7, 11) is -3.26. The van der Waals surface area contributed by atoms with Crippen LogP contribution in [0.3, 0.4) is 0 Å². The quantitative estimate of drug-likeness (QED) is 0.481. The molecule has 10 nitrogen and oxygen atoms in total. The highest BCUT2D eigenvalue weighted by atomic mass is 31.2. The Bertz CT molecular complexity index is 1010. The van der Waals surface area contributed by atoms with Crippen molar-refractivity contribution >= 4 is 25.1 Å². The van der Waals surface area contributed by atoms with Crippen LogP contribution in [0.25, 0.3) is 11.2 Å². The Hall–Kier alpha value is -2.52. The van der Waals surface area contributed by atoms with Crippen molar-refractivity contribution in [3.63, 3.8) is 0 Å². The highest BCUT2D eigenvalue weighted by Crippen LogP contribution is 2.56. The van der Waals surface area contributed by atoms with Gasteiger partial charge in [-0.15, -0.1) is 0 Å². The molecule has 1 aliphatic heterocycles. The van der Waals surface area contributed by atoms with E-state index < -0.39 is 13.5 Å². The first-order valence-corrected chi connectivity index (χ1v) is 9.56. The molecule has 136 valence electrons. The number of aromatic nitrogens is 4. The SMILES string of the molecule is Nc1nc2c(ncn2COCC[P+]2([O-])OCc3ccccc3O2)c(=O)[nH]1. The molecule has 0 spiro atoms. The van der Waals surface area contributed by atoms with Gasteiger partial charge in [0.2, 0.25) is 5.95 Å². The highest BCUT2D eigenvalue weighted by molar-refractivity contribution is 7.59. The summed E-state index contributed by atoms with van der Waals surface area (Å²) in [6.45, 7) is 0.451. The van der Waals surface area contributed by atoms with Gasteiger partial charge in [-0.3, -0.25) is 14.3 Å². The third-order valence-corrected chi connectivity index (χ3v) is 5.59. The lowest BCUT2D eigenvalue weighted by Gasteiger charge is -2.31. The Kier molecular flexibility index (Phi) is 4.33. The van der Waals surface area contributed by atoms with Crippen LogP contribution in [0.2, 0.25) is 0 Å². The number of hydrogen-bond acceptors (Lipinski definition) is 8. The predicted molar refractivity (Wildman–Crippen MR) is 92.2 cm³/mol. The fourth-order valence-electron chi connectivity index (χ4n) is 2.57. The van der Waals surface area contributed by atoms with Crippen LogP contribution in [-0.4, -0.2) is 32.3 Å². The average molecular weight is 377 g/mol. The van der Waals surface area contributed by atoms with Crippen LogP contribution in [-0.2, 0) is 22.6 Å². The third-order valence-electron chi connectivity index (χ3n) is 3.86. The van der Waals surface area contributed by atoms with Crippen LogP contribution in [0.5, 0.6) is 5.75 Å². The standard InChI is InChI=1S/C15H16N5O5P/c16-15-18-13-12(14(21)19-15)17-8-20(13)9-23-5-6-26(22)24-7-10-3-1-2-4-11(10)25-26/h1-4,8H,5-7,9H2,(H3,16,18,19,21). The molecule has 0 fully saturated rings. The molecule has 1 unspecified atom stereocenters. The smallest absolute Gasteiger partial charge is 0.287 e. The minimum Gasteiger partial charge on any atom is -0.624 e. The predicted octanol–water partition coefficient (Wildman–Crippen LogP) is 0.408. The number of ether oxygens (including phenoxy) is 1. The van der Waals surface area contributed by atoms with E-state index in [9.17, 15) is 9.69 Å². The van der Waals surface area contributed by atoms with Crippen molar-refractivity contribution in [3.05, 3.63) is 46.5 Å². The fourth-order valence-corrected chi connectivity index (χ4v) is 4.01. The first-order valence-electron chi connectivity index (χ1n) is 7.83. The molecule has 1 aromatic carbocycles. The van der Waals surface area contributed by atoms with E-state index in [1.165, 1.54) is 10.9 Å². The van der Waals surface area contributed by atoms with Gasteiger partial charge < -0.3 is 19.9 Å². The molecule has 11 heteroatoms. The summed E-state index contributed by atoms with van der Waals surface area (Å²) >= 11 is 0. The van der Waals surface area contributed by atoms with E-state index in [-0.39, 0.29) is 37.6 Å². The molecular weight excluding hydrogens is 361 g/mol. The van der Waals surface area contributed by atoms with E-state index in [1.54, 1.807) is 6.07 Å². The lowest BCUT2D eigenvalue weighted by molar-refractivity contribution is -0.214. The molecule has 0 radical (unpaired) electrons. The molecule has 0 bridgehead atoms. The minimum atomic E-state index is -3.26. The molecule has 4 rings (SSSR count). The van der Waals surface area contributed by atoms with Crippen LogP contribution >= 0.6 is 7.94 Å². The topological polar surface area (TPSA) is 140 Å². The summed E-state index contributed by atoms with van der Waals surface area (Å²) < 4.78 is 18.0. The molecule has 0 aliphatic carbocycles. The van der Waals surface area contributed by atoms with Gasteiger partial charge in [0.1, 0.15) is 19.5 Å². The summed E-state index contributed by atoms with van der Waals surface area (Å²) in [6, 6.07) is 7.30. The summed E-state index contributed by atoms with van der Waals surface area (Å²) in [5, 5.41) is 0. The number of rotatable bonds is 5. The van der Waals surface area contributed by atoms with Gasteiger partial charge in [0.05, 0.1) is 12.9 Å². The number of nitrogens with two attached hydrogens (primary N) is 1. The van der Waals surface area contributed by atoms with E-state index in [2.05, 4.69) is 15.0 Å². The van der Waals surface area contributed by atoms with Crippen LogP contribution in [0, 0.1) is 0 Å². The van der Waals surface area contributed by atoms with Crippen LogP contribution in [0.1, 0.15) is 5.56 Å². The van der Waals surface area contributed by atoms with Gasteiger partial charge in [-0.1, -0.05) is 18.2 Å². The zero-order valence-corrected chi connectivity index (χ0v) is 14.5. The normalized spacial score (nSPS) is 19.3. The van der Waals surface area contributed by atoms with E-state index in [4.69, 9.17) is 19.5 Å². The summed E-state index contributed by atoms with van der Waals surface area (Å²) in [5.74, 6) is 0.568. The summed E-state index contributed by atoms with van der Waals surface area (Å²) in [4.78, 5) is 34.8. The van der Waals surface area contributed by atoms with E-state index in [0.29, 0.717) is 11.4 Å². The number of anilines is 1. The molecular formula is C15H16N5O5P. The number of aromatic amines is 1. The van der Waals surface area contributed by atoms with Crippen molar-refractivity contribution < 1.29 is 18.7 Å². The maximum absolute atomic E-state index is 12.6. The van der Waals surface area contributed by atoms with Gasteiger partial charge in [0.25, 0.3) is 13.5 Å². The molecule has 1 atom stereocenters. The molecule has 1 aliphatic rings. The van der Waals surface area contributed by atoms with Crippen LogP contribution in [0.4, 0.5) is 5.95 Å². The van der Waals surface area contributed by atoms with Crippen molar-refractivity contribution in [2.24, 2.45) is 0 Å². The van der Waals surface area contributed by atoms with Gasteiger partial charge in [-0.2, -0.15) is 9.51 Å². The molecule has 0 saturated carbocycles. The summed E-state index contributed by atoms with van der Waals surface area (Å²) in [5.41, 5.74) is 6.47. The van der Waals surface area contributed by atoms with Crippen molar-refractivity contribution in [1.82, 2.24) is 19.5 Å². The molecule has 2 aromatic heterocycles. The molecule has 0 saturated heterocycles.